The van der Waals surface area contributed by atoms with Crippen LogP contribution in [-0.2, 0) is 5.41 Å². The Morgan fingerprint density at radius 1 is 0.623 bits per heavy atom. The molecule has 252 valence electrons. The van der Waals surface area contributed by atoms with E-state index in [2.05, 4.69) is 27.1 Å². The van der Waals surface area contributed by atoms with Crippen LogP contribution in [0.25, 0.3) is 44.2 Å². The van der Waals surface area contributed by atoms with Crippen LogP contribution in [0.4, 0.5) is 0 Å². The van der Waals surface area contributed by atoms with Gasteiger partial charge in [-0.2, -0.15) is 0 Å². The van der Waals surface area contributed by atoms with Crippen LogP contribution in [0.15, 0.2) is 157 Å². The van der Waals surface area contributed by atoms with E-state index >= 15 is 0 Å². The summed E-state index contributed by atoms with van der Waals surface area (Å²) < 4.78 is 6.62. The molecule has 2 atom stereocenters. The molecule has 0 saturated heterocycles. The molecule has 11 nitrogen and oxygen atoms in total. The quantitative estimate of drug-likeness (QED) is 0.172. The highest BCUT2D eigenvalue weighted by Crippen LogP contribution is 2.64. The van der Waals surface area contributed by atoms with E-state index in [1.807, 2.05) is 85.1 Å². The van der Waals surface area contributed by atoms with Crippen LogP contribution in [0.2, 0.25) is 0 Å². The van der Waals surface area contributed by atoms with Gasteiger partial charge in [0.25, 0.3) is 0 Å². The van der Waals surface area contributed by atoms with Gasteiger partial charge < -0.3 is 14.4 Å². The maximum atomic E-state index is 6.62. The second-order valence-electron chi connectivity index (χ2n) is 12.6. The largest absolute Gasteiger partial charge is 0.468 e. The van der Waals surface area contributed by atoms with Gasteiger partial charge in [0.15, 0.2) is 5.82 Å². The molecule has 0 amide bonds. The number of rotatable bonds is 7. The Bertz CT molecular complexity index is 2750. The monoisotopic (exact) mass is 688 g/mol. The fourth-order valence-electron chi connectivity index (χ4n) is 7.73. The number of allylic oxidation sites excluding steroid dienone is 4. The van der Waals surface area contributed by atoms with Crippen LogP contribution in [0.3, 0.4) is 0 Å². The predicted octanol–water partition coefficient (Wildman–Crippen LogP) is 7.71. The number of nitrogens with one attached hydrogen (secondary N) is 2. The average Bonchev–Trinajstić information content (AvgIpc) is 4.04. The summed E-state index contributed by atoms with van der Waals surface area (Å²) in [7, 11) is 0. The molecule has 2 N–H and O–H groups in total. The molecule has 9 aromatic rings. The Kier molecular flexibility index (Phi) is 7.13. The van der Waals surface area contributed by atoms with Gasteiger partial charge in [-0.1, -0.05) is 42.5 Å². The summed E-state index contributed by atoms with van der Waals surface area (Å²) in [5, 5.41) is 1.00. The number of fused-ring (bicyclic) bond motifs is 2. The lowest BCUT2D eigenvalue weighted by atomic mass is 9.56. The number of pyridine rings is 2. The van der Waals surface area contributed by atoms with Gasteiger partial charge in [0.2, 0.25) is 0 Å². The zero-order chi connectivity index (χ0) is 35.2. The number of hydrogen-bond acceptors (Lipinski definition) is 9. The summed E-state index contributed by atoms with van der Waals surface area (Å²) in [5.41, 5.74) is 6.13. The number of imidazole rings is 2. The van der Waals surface area contributed by atoms with Crippen molar-refractivity contribution < 1.29 is 4.42 Å². The number of benzene rings is 2. The number of aromatic nitrogens is 10. The third-order valence-corrected chi connectivity index (χ3v) is 9.76. The van der Waals surface area contributed by atoms with Crippen molar-refractivity contribution in [3.05, 3.63) is 193 Å². The summed E-state index contributed by atoms with van der Waals surface area (Å²) in [4.78, 5) is 47.2. The van der Waals surface area contributed by atoms with Crippen molar-refractivity contribution in [2.75, 3.05) is 0 Å². The Hall–Kier alpha value is -7.40. The minimum absolute atomic E-state index is 0.466. The first kappa shape index (κ1) is 30.4. The van der Waals surface area contributed by atoms with Gasteiger partial charge >= 0.3 is 0 Å². The smallest absolute Gasteiger partial charge is 0.160 e. The van der Waals surface area contributed by atoms with Crippen molar-refractivity contribution in [3.63, 3.8) is 0 Å². The molecule has 11 heteroatoms. The zero-order valence-electron chi connectivity index (χ0n) is 28.0. The number of aromatic amines is 2. The lowest BCUT2D eigenvalue weighted by Gasteiger charge is -2.45. The first-order valence-electron chi connectivity index (χ1n) is 17.1. The Morgan fingerprint density at radius 2 is 1.47 bits per heavy atom. The summed E-state index contributed by atoms with van der Waals surface area (Å²) in [6.45, 7) is 0. The normalized spacial score (nSPS) is 17.5. The van der Waals surface area contributed by atoms with Crippen LogP contribution in [0, 0.1) is 0 Å². The molecule has 0 saturated carbocycles. The summed E-state index contributed by atoms with van der Waals surface area (Å²) in [6, 6.07) is 31.8. The maximum absolute atomic E-state index is 6.62. The second kappa shape index (κ2) is 12.4. The first-order valence-corrected chi connectivity index (χ1v) is 17.1. The van der Waals surface area contributed by atoms with E-state index in [1.165, 1.54) is 0 Å². The van der Waals surface area contributed by atoms with E-state index in [0.717, 1.165) is 33.1 Å². The third-order valence-electron chi connectivity index (χ3n) is 9.76. The summed E-state index contributed by atoms with van der Waals surface area (Å²) in [5.74, 6) is 1.66. The Morgan fingerprint density at radius 3 is 2.25 bits per heavy atom. The molecule has 0 fully saturated rings. The number of nitrogens with zero attached hydrogens (tertiary/aromatic N) is 8. The van der Waals surface area contributed by atoms with Crippen molar-refractivity contribution in [2.24, 2.45) is 0 Å². The standard InChI is InChI=1S/C42H28N10O/c1-2-10-27-26(9-1)15-16-30(50-27)37-34(31-25-43-20-21-44-31)35(39-46-18-8-19-47-39)36(40-48-22-23-49-40)38(41-51-28-11-3-4-12-29(28)52-41)42(37,33-14-7-24-53-33)32-13-5-6-17-45-32/h1-25,38H,(H,48,49)(H,51,52). The van der Waals surface area contributed by atoms with E-state index in [1.54, 1.807) is 55.7 Å². The van der Waals surface area contributed by atoms with Gasteiger partial charge in [-0.15, -0.1) is 0 Å². The highest BCUT2D eigenvalue weighted by Gasteiger charge is 2.58. The molecular weight excluding hydrogens is 661 g/mol. The molecule has 0 spiro atoms. The number of hydrogen-bond donors (Lipinski definition) is 2. The maximum Gasteiger partial charge on any atom is 0.160 e. The summed E-state index contributed by atoms with van der Waals surface area (Å²) >= 11 is 0. The van der Waals surface area contributed by atoms with Crippen molar-refractivity contribution in [1.29, 1.82) is 0 Å². The fraction of sp³-hybridized carbons (Fsp3) is 0.0476. The Labute approximate surface area is 302 Å². The van der Waals surface area contributed by atoms with Crippen LogP contribution in [0.1, 0.15) is 46.2 Å². The molecule has 0 aliphatic heterocycles. The van der Waals surface area contributed by atoms with Crippen LogP contribution < -0.4 is 0 Å². The van der Waals surface area contributed by atoms with Crippen LogP contribution in [0.5, 0.6) is 0 Å². The van der Waals surface area contributed by atoms with Crippen LogP contribution >= 0.6 is 0 Å². The van der Waals surface area contributed by atoms with Crippen molar-refractivity contribution in [1.82, 2.24) is 49.8 Å². The number of H-pyrrole nitrogens is 2. The van der Waals surface area contributed by atoms with E-state index < -0.39 is 11.3 Å². The molecule has 2 aromatic carbocycles. The molecule has 7 aromatic heterocycles. The SMILES string of the molecule is c1ccc(C2(c3ccco3)C(c3ccc4ccccc4n3)=C(c3cnccn3)C(c3ncccn3)=C(c3ncc[nH]3)C2c2nc3ccccc3[nH]2)nc1. The van der Waals surface area contributed by atoms with Crippen molar-refractivity contribution in [3.8, 4) is 0 Å². The summed E-state index contributed by atoms with van der Waals surface area (Å²) in [6.07, 6.45) is 15.6. The highest BCUT2D eigenvalue weighted by molar-refractivity contribution is 6.25. The lowest BCUT2D eigenvalue weighted by molar-refractivity contribution is 0.413. The van der Waals surface area contributed by atoms with E-state index in [9.17, 15) is 0 Å². The fourth-order valence-corrected chi connectivity index (χ4v) is 7.73. The van der Waals surface area contributed by atoms with Gasteiger partial charge in [-0.3, -0.25) is 15.0 Å². The second-order valence-corrected chi connectivity index (χ2v) is 12.6. The molecule has 1 aliphatic carbocycles. The molecule has 0 bridgehead atoms. The molecule has 2 unspecified atom stereocenters. The van der Waals surface area contributed by atoms with Gasteiger partial charge in [-0.25, -0.2) is 24.9 Å². The van der Waals surface area contributed by atoms with Gasteiger partial charge in [0.05, 0.1) is 52.0 Å². The van der Waals surface area contributed by atoms with Crippen molar-refractivity contribution in [2.45, 2.75) is 11.3 Å². The molecule has 53 heavy (non-hydrogen) atoms. The zero-order valence-corrected chi connectivity index (χ0v) is 28.0. The third kappa shape index (κ3) is 4.82. The predicted molar refractivity (Wildman–Crippen MR) is 201 cm³/mol. The molecular formula is C42H28N10O. The highest BCUT2D eigenvalue weighted by atomic mass is 16.3. The number of para-hydroxylation sites is 3. The van der Waals surface area contributed by atoms with Gasteiger partial charge in [0, 0.05) is 71.1 Å². The molecule has 7 heterocycles. The molecule has 1 aliphatic rings. The van der Waals surface area contributed by atoms with E-state index in [-0.39, 0.29) is 0 Å². The first-order chi connectivity index (χ1) is 26.3. The molecule has 0 radical (unpaired) electrons. The number of furan rings is 1. The molecule has 10 rings (SSSR count). The Balaban J connectivity index is 1.49. The van der Waals surface area contributed by atoms with E-state index in [0.29, 0.717) is 51.5 Å². The lowest BCUT2D eigenvalue weighted by Crippen LogP contribution is -2.42. The van der Waals surface area contributed by atoms with Crippen LogP contribution in [-0.4, -0.2) is 49.8 Å². The van der Waals surface area contributed by atoms with Crippen molar-refractivity contribution >= 4 is 44.2 Å². The average molecular weight is 689 g/mol. The minimum atomic E-state index is -1.25. The van der Waals surface area contributed by atoms with Gasteiger partial charge in [-0.05, 0) is 54.6 Å². The minimum Gasteiger partial charge on any atom is -0.468 e. The van der Waals surface area contributed by atoms with E-state index in [4.69, 9.17) is 39.3 Å². The van der Waals surface area contributed by atoms with Gasteiger partial charge in [0.1, 0.15) is 22.8 Å². The topological polar surface area (TPSA) is 148 Å².